The lowest BCUT2D eigenvalue weighted by Crippen LogP contribution is -2.40. The first kappa shape index (κ1) is 29.2. The molecule has 8 aromatic rings. The van der Waals surface area contributed by atoms with Crippen LogP contribution in [0.25, 0.3) is 43.8 Å². The molecule has 0 saturated carbocycles. The molecule has 8 aromatic carbocycles. The van der Waals surface area contributed by atoms with Gasteiger partial charge in [0.05, 0.1) is 13.5 Å². The van der Waals surface area contributed by atoms with E-state index in [1.54, 1.807) is 0 Å². The molecule has 50 heavy (non-hydrogen) atoms. The molecule has 0 fully saturated rings. The first-order valence-electron chi connectivity index (χ1n) is 17.7. The fourth-order valence-corrected chi connectivity index (χ4v) is 10.8. The molecular weight excluding hydrogens is 619 g/mol. The summed E-state index contributed by atoms with van der Waals surface area (Å²) in [5, 5.41) is 6.64. The van der Waals surface area contributed by atoms with Crippen molar-refractivity contribution in [2.24, 2.45) is 0 Å². The maximum absolute atomic E-state index is 2.47. The number of benzene rings is 8. The second kappa shape index (κ2) is 10.6. The average molecular weight is 656 g/mol. The van der Waals surface area contributed by atoms with Crippen LogP contribution in [0.5, 0.6) is 0 Å². The van der Waals surface area contributed by atoms with Crippen LogP contribution in [0.4, 0.5) is 17.1 Å². The van der Waals surface area contributed by atoms with Gasteiger partial charge < -0.3 is 4.90 Å². The number of hydrogen-bond donors (Lipinski definition) is 0. The predicted molar refractivity (Wildman–Crippen MR) is 215 cm³/mol. The monoisotopic (exact) mass is 655 g/mol. The highest BCUT2D eigenvalue weighted by Crippen LogP contribution is 2.65. The number of hydrogen-bond acceptors (Lipinski definition) is 1. The fraction of sp³-hybridized carbons (Fsp3) is 0.0833. The molecule has 2 aliphatic carbocycles. The van der Waals surface area contributed by atoms with Gasteiger partial charge in [0.15, 0.2) is 0 Å². The topological polar surface area (TPSA) is 3.24 Å². The lowest BCUT2D eigenvalue weighted by molar-refractivity contribution is 0.809. The molecular formula is C48H37NSi. The van der Waals surface area contributed by atoms with Crippen LogP contribution in [0, 0.1) is 0 Å². The molecule has 0 heterocycles. The van der Waals surface area contributed by atoms with Crippen molar-refractivity contribution in [3.63, 3.8) is 0 Å². The van der Waals surface area contributed by atoms with Gasteiger partial charge in [0.25, 0.3) is 0 Å². The molecule has 10 rings (SSSR count). The first-order valence-corrected chi connectivity index (χ1v) is 21.2. The molecule has 1 spiro atoms. The van der Waals surface area contributed by atoms with E-state index in [0.29, 0.717) is 0 Å². The van der Waals surface area contributed by atoms with Gasteiger partial charge in [0.2, 0.25) is 0 Å². The summed E-state index contributed by atoms with van der Waals surface area (Å²) in [4.78, 5) is 2.47. The van der Waals surface area contributed by atoms with Crippen molar-refractivity contribution in [3.8, 4) is 22.3 Å². The predicted octanol–water partition coefficient (Wildman–Crippen LogP) is 12.4. The molecule has 0 bridgehead atoms. The maximum Gasteiger partial charge on any atom is 0.0803 e. The van der Waals surface area contributed by atoms with Gasteiger partial charge in [-0.1, -0.05) is 159 Å². The van der Waals surface area contributed by atoms with Crippen LogP contribution in [0.3, 0.4) is 0 Å². The van der Waals surface area contributed by atoms with Gasteiger partial charge in [0.1, 0.15) is 0 Å². The summed E-state index contributed by atoms with van der Waals surface area (Å²) in [6, 6.07) is 63.7. The summed E-state index contributed by atoms with van der Waals surface area (Å²) in [7, 11) is -1.66. The van der Waals surface area contributed by atoms with E-state index in [1.807, 2.05) is 0 Å². The summed E-state index contributed by atoms with van der Waals surface area (Å²) >= 11 is 0. The quantitative estimate of drug-likeness (QED) is 0.171. The number of para-hydroxylation sites is 2. The SMILES string of the molecule is C[Si](C)(C)c1ccccc1N(c1ccccc1)c1ccc2c3c(ccc2c1)-c1ccc2ccccc2c1C31c2ccccc2-c2ccccc21. The molecule has 0 N–H and O–H groups in total. The van der Waals surface area contributed by atoms with Gasteiger partial charge in [-0.3, -0.25) is 0 Å². The van der Waals surface area contributed by atoms with Crippen LogP contribution >= 0.6 is 0 Å². The van der Waals surface area contributed by atoms with Crippen LogP contribution in [-0.2, 0) is 5.41 Å². The van der Waals surface area contributed by atoms with Gasteiger partial charge in [-0.25, -0.2) is 0 Å². The standard InChI is InChI=1S/C48H37NSi/c1-50(2,3)45-24-14-13-23-44(45)49(34-16-5-4-6-17-34)35-27-30-37-33(31-35)26-29-41-40-28-25-32-15-7-8-18-36(32)46(40)48(47(37)41)42-21-11-9-19-38(42)39-20-10-12-22-43(39)48/h4-31H,1-3H3. The molecule has 2 aliphatic rings. The lowest BCUT2D eigenvalue weighted by Gasteiger charge is -2.33. The number of fused-ring (bicyclic) bond motifs is 14. The van der Waals surface area contributed by atoms with E-state index in [2.05, 4.69) is 194 Å². The summed E-state index contributed by atoms with van der Waals surface area (Å²) in [5.74, 6) is 0. The highest BCUT2D eigenvalue weighted by Gasteiger charge is 2.53. The molecule has 0 aromatic heterocycles. The van der Waals surface area contributed by atoms with Crippen molar-refractivity contribution in [1.82, 2.24) is 0 Å². The maximum atomic E-state index is 2.47. The summed E-state index contributed by atoms with van der Waals surface area (Å²) < 4.78 is 0. The van der Waals surface area contributed by atoms with Crippen molar-refractivity contribution < 1.29 is 0 Å². The van der Waals surface area contributed by atoms with Gasteiger partial charge in [0, 0.05) is 17.1 Å². The van der Waals surface area contributed by atoms with Crippen molar-refractivity contribution in [2.45, 2.75) is 25.1 Å². The third-order valence-electron chi connectivity index (χ3n) is 11.2. The first-order chi connectivity index (χ1) is 24.5. The van der Waals surface area contributed by atoms with Gasteiger partial charge >= 0.3 is 0 Å². The van der Waals surface area contributed by atoms with Gasteiger partial charge in [-0.2, -0.15) is 0 Å². The van der Waals surface area contributed by atoms with Crippen LogP contribution < -0.4 is 10.1 Å². The third-order valence-corrected chi connectivity index (χ3v) is 13.2. The number of rotatable bonds is 4. The van der Waals surface area contributed by atoms with E-state index >= 15 is 0 Å². The zero-order valence-electron chi connectivity index (χ0n) is 28.6. The minimum atomic E-state index is -1.66. The Morgan fingerprint density at radius 3 is 1.68 bits per heavy atom. The lowest BCUT2D eigenvalue weighted by atomic mass is 9.68. The molecule has 0 amide bonds. The average Bonchev–Trinajstić information content (AvgIpc) is 3.63. The molecule has 0 aliphatic heterocycles. The summed E-state index contributed by atoms with van der Waals surface area (Å²) in [5.41, 5.74) is 14.1. The van der Waals surface area contributed by atoms with Crippen molar-refractivity contribution in [2.75, 3.05) is 4.90 Å². The Morgan fingerprint density at radius 1 is 0.420 bits per heavy atom. The Bertz CT molecular complexity index is 2600. The van der Waals surface area contributed by atoms with Gasteiger partial charge in [-0.05, 0) is 102 Å². The van der Waals surface area contributed by atoms with E-state index in [0.717, 1.165) is 0 Å². The van der Waals surface area contributed by atoms with E-state index in [-0.39, 0.29) is 0 Å². The minimum Gasteiger partial charge on any atom is -0.311 e. The normalized spacial score (nSPS) is 13.7. The number of nitrogens with zero attached hydrogens (tertiary/aromatic N) is 1. The van der Waals surface area contributed by atoms with Crippen LogP contribution in [0.2, 0.25) is 19.6 Å². The van der Waals surface area contributed by atoms with Crippen LogP contribution in [0.15, 0.2) is 170 Å². The Hall–Kier alpha value is -5.70. The summed E-state index contributed by atoms with van der Waals surface area (Å²) in [6.45, 7) is 7.32. The van der Waals surface area contributed by atoms with E-state index < -0.39 is 13.5 Å². The highest BCUT2D eigenvalue weighted by atomic mass is 28.3. The smallest absolute Gasteiger partial charge is 0.0803 e. The summed E-state index contributed by atoms with van der Waals surface area (Å²) in [6.07, 6.45) is 0. The Balaban J connectivity index is 1.29. The van der Waals surface area contributed by atoms with E-state index in [4.69, 9.17) is 0 Å². The van der Waals surface area contributed by atoms with E-state index in [1.165, 1.54) is 88.3 Å². The van der Waals surface area contributed by atoms with Crippen LogP contribution in [-0.4, -0.2) is 8.07 Å². The fourth-order valence-electron chi connectivity index (χ4n) is 9.19. The zero-order chi connectivity index (χ0) is 33.6. The molecule has 0 radical (unpaired) electrons. The molecule has 0 unspecified atom stereocenters. The Kier molecular flexibility index (Phi) is 6.22. The molecule has 2 heteroatoms. The third kappa shape index (κ3) is 3.94. The highest BCUT2D eigenvalue weighted by molar-refractivity contribution is 6.89. The Labute approximate surface area is 295 Å². The van der Waals surface area contributed by atoms with Crippen molar-refractivity contribution in [3.05, 3.63) is 192 Å². The number of anilines is 3. The molecule has 0 atom stereocenters. The second-order valence-corrected chi connectivity index (χ2v) is 19.9. The molecule has 238 valence electrons. The van der Waals surface area contributed by atoms with Gasteiger partial charge in [-0.15, -0.1) is 0 Å². The largest absolute Gasteiger partial charge is 0.311 e. The van der Waals surface area contributed by atoms with Crippen molar-refractivity contribution >= 4 is 51.9 Å². The zero-order valence-corrected chi connectivity index (χ0v) is 29.6. The molecule has 0 saturated heterocycles. The minimum absolute atomic E-state index is 0.427. The second-order valence-electron chi connectivity index (χ2n) is 14.9. The van der Waals surface area contributed by atoms with Crippen molar-refractivity contribution in [1.29, 1.82) is 0 Å². The molecule has 1 nitrogen and oxygen atoms in total. The Morgan fingerprint density at radius 2 is 0.980 bits per heavy atom. The van der Waals surface area contributed by atoms with E-state index in [9.17, 15) is 0 Å². The van der Waals surface area contributed by atoms with Crippen LogP contribution in [0.1, 0.15) is 22.3 Å².